The van der Waals surface area contributed by atoms with E-state index in [2.05, 4.69) is 85.0 Å². The van der Waals surface area contributed by atoms with Crippen molar-refractivity contribution in [1.82, 2.24) is 5.32 Å². The van der Waals surface area contributed by atoms with Crippen LogP contribution in [0, 0.1) is 12.8 Å². The average Bonchev–Trinajstić information content (AvgIpc) is 3.89. The van der Waals surface area contributed by atoms with Gasteiger partial charge in [-0.3, -0.25) is 0 Å². The highest BCUT2D eigenvalue weighted by atomic mass is 32.2. The van der Waals surface area contributed by atoms with Crippen molar-refractivity contribution in [3.63, 3.8) is 0 Å². The number of nitrogens with one attached hydrogen (secondary N) is 1. The Balaban J connectivity index is 1.39. The van der Waals surface area contributed by atoms with Gasteiger partial charge in [0.25, 0.3) is 0 Å². The smallest absolute Gasteiger partial charge is 0.326 e. The largest absolute Gasteiger partial charge is 0.480 e. The molecule has 0 heterocycles. The molecule has 234 valence electrons. The maximum absolute atomic E-state index is 12.2. The first-order chi connectivity index (χ1) is 21.5. The maximum atomic E-state index is 12.2. The van der Waals surface area contributed by atoms with E-state index in [0.717, 1.165) is 59.1 Å². The second-order valence-corrected chi connectivity index (χ2v) is 14.4. The first-order valence-corrected chi connectivity index (χ1v) is 18.6. The Morgan fingerprint density at radius 3 is 2.43 bits per heavy atom. The van der Waals surface area contributed by atoms with E-state index in [1.54, 1.807) is 11.8 Å². The van der Waals surface area contributed by atoms with Crippen LogP contribution in [0.3, 0.4) is 0 Å². The zero-order chi connectivity index (χ0) is 30.7. The van der Waals surface area contributed by atoms with Crippen molar-refractivity contribution in [2.75, 3.05) is 17.8 Å². The predicted molar refractivity (Wildman–Crippen MR) is 187 cm³/mol. The van der Waals surface area contributed by atoms with Gasteiger partial charge >= 0.3 is 5.97 Å². The van der Waals surface area contributed by atoms with Crippen LogP contribution in [0.5, 0.6) is 0 Å². The van der Waals surface area contributed by atoms with Crippen LogP contribution in [0.1, 0.15) is 74.5 Å². The third-order valence-electron chi connectivity index (χ3n) is 8.86. The molecule has 2 aliphatic rings. The number of ether oxygens (including phenoxy) is 1. The monoisotopic (exact) mass is 629 g/mol. The molecule has 2 fully saturated rings. The van der Waals surface area contributed by atoms with Crippen molar-refractivity contribution < 1.29 is 14.6 Å². The van der Waals surface area contributed by atoms with E-state index in [1.165, 1.54) is 53.7 Å². The van der Waals surface area contributed by atoms with Gasteiger partial charge in [0.15, 0.2) is 0 Å². The number of hydrogen-bond acceptors (Lipinski definition) is 5. The molecule has 4 nitrogen and oxygen atoms in total. The number of aryl methyl sites for hydroxylation is 1. The van der Waals surface area contributed by atoms with Gasteiger partial charge in [0.2, 0.25) is 0 Å². The Hall–Kier alpha value is -2.67. The van der Waals surface area contributed by atoms with Crippen molar-refractivity contribution in [2.45, 2.75) is 88.4 Å². The van der Waals surface area contributed by atoms with Gasteiger partial charge in [-0.1, -0.05) is 86.7 Å². The first kappa shape index (κ1) is 32.7. The molecule has 2 saturated carbocycles. The summed E-state index contributed by atoms with van der Waals surface area (Å²) >= 11 is 3.58. The summed E-state index contributed by atoms with van der Waals surface area (Å²) in [7, 11) is 0. The van der Waals surface area contributed by atoms with E-state index >= 15 is 0 Å². The molecule has 2 aliphatic carbocycles. The van der Waals surface area contributed by atoms with Crippen molar-refractivity contribution in [3.05, 3.63) is 95.1 Å². The fourth-order valence-corrected chi connectivity index (χ4v) is 7.68. The molecule has 0 radical (unpaired) electrons. The number of carboxylic acids is 1. The van der Waals surface area contributed by atoms with E-state index in [0.29, 0.717) is 13.0 Å². The van der Waals surface area contributed by atoms with Crippen LogP contribution in [0.4, 0.5) is 0 Å². The van der Waals surface area contributed by atoms with E-state index in [9.17, 15) is 9.90 Å². The topological polar surface area (TPSA) is 58.6 Å². The standard InChI is InChI=1S/C38H47NO3S2/c1-27-11-9-10-16-33(27)35-24-29(17-20-34(35)37(30-18-19-30)39-36(38(40)41)21-22-43-2)25-42-31(23-28-12-5-3-6-13-28)26-44-32-14-7-4-8-15-32/h4,7-11,14-17,20,24,28,31,36,39H,3,5-6,12-13,18-19,21-23,25-26H2,1-2H3,(H,40,41)/t31-,36-/m0/s1. The van der Waals surface area contributed by atoms with Crippen molar-refractivity contribution in [1.29, 1.82) is 0 Å². The molecule has 0 aliphatic heterocycles. The number of allylic oxidation sites excluding steroid dienone is 1. The summed E-state index contributed by atoms with van der Waals surface area (Å²) < 4.78 is 6.75. The van der Waals surface area contributed by atoms with Gasteiger partial charge in [-0.05, 0) is 96.6 Å². The number of aliphatic carboxylic acids is 1. The zero-order valence-electron chi connectivity index (χ0n) is 26.2. The van der Waals surface area contributed by atoms with Crippen LogP contribution < -0.4 is 5.32 Å². The van der Waals surface area contributed by atoms with Crippen LogP contribution in [-0.4, -0.2) is 41.0 Å². The van der Waals surface area contributed by atoms with E-state index < -0.39 is 12.0 Å². The molecule has 2 N–H and O–H groups in total. The van der Waals surface area contributed by atoms with E-state index in [1.807, 2.05) is 18.0 Å². The van der Waals surface area contributed by atoms with Gasteiger partial charge < -0.3 is 15.2 Å². The number of carboxylic acid groups (broad SMARTS) is 1. The Bertz CT molecular complexity index is 1390. The van der Waals surface area contributed by atoms with E-state index in [-0.39, 0.29) is 6.10 Å². The number of thioether (sulfide) groups is 2. The minimum atomic E-state index is -0.794. The summed E-state index contributed by atoms with van der Waals surface area (Å²) in [6, 6.07) is 25.2. The lowest BCUT2D eigenvalue weighted by atomic mass is 9.85. The van der Waals surface area contributed by atoms with Crippen LogP contribution in [-0.2, 0) is 16.1 Å². The molecule has 0 saturated heterocycles. The lowest BCUT2D eigenvalue weighted by Crippen LogP contribution is -2.36. The Morgan fingerprint density at radius 1 is 0.977 bits per heavy atom. The molecule has 3 aromatic carbocycles. The highest BCUT2D eigenvalue weighted by Gasteiger charge is 2.27. The maximum Gasteiger partial charge on any atom is 0.326 e. The van der Waals surface area contributed by atoms with Gasteiger partial charge in [-0.2, -0.15) is 11.8 Å². The number of hydrogen-bond donors (Lipinski definition) is 2. The summed E-state index contributed by atoms with van der Waals surface area (Å²) in [6.45, 7) is 2.72. The second kappa shape index (κ2) is 16.6. The average molecular weight is 630 g/mol. The van der Waals surface area contributed by atoms with E-state index in [4.69, 9.17) is 4.74 Å². The minimum absolute atomic E-state index is 0.198. The number of carbonyl (C=O) groups is 1. The summed E-state index contributed by atoms with van der Waals surface area (Å²) in [5.74, 6) is 1.72. The highest BCUT2D eigenvalue weighted by molar-refractivity contribution is 7.99. The molecule has 6 heteroatoms. The zero-order valence-corrected chi connectivity index (χ0v) is 27.9. The van der Waals surface area contributed by atoms with Crippen LogP contribution in [0.2, 0.25) is 0 Å². The van der Waals surface area contributed by atoms with Crippen LogP contribution in [0.15, 0.2) is 83.3 Å². The van der Waals surface area contributed by atoms with Gasteiger partial charge in [0.1, 0.15) is 6.04 Å². The lowest BCUT2D eigenvalue weighted by Gasteiger charge is -2.27. The number of rotatable bonds is 16. The lowest BCUT2D eigenvalue weighted by molar-refractivity contribution is -0.139. The quantitative estimate of drug-likeness (QED) is 0.154. The number of benzene rings is 3. The molecular weight excluding hydrogens is 583 g/mol. The normalized spacial score (nSPS) is 16.4. The first-order valence-electron chi connectivity index (χ1n) is 16.2. The molecule has 0 spiro atoms. The van der Waals surface area contributed by atoms with Gasteiger partial charge in [0.05, 0.1) is 12.7 Å². The van der Waals surface area contributed by atoms with Crippen molar-refractivity contribution in [3.8, 4) is 11.1 Å². The highest BCUT2D eigenvalue weighted by Crippen LogP contribution is 2.40. The summed E-state index contributed by atoms with van der Waals surface area (Å²) in [6.07, 6.45) is 12.6. The second-order valence-electron chi connectivity index (χ2n) is 12.3. The summed E-state index contributed by atoms with van der Waals surface area (Å²) in [5, 5.41) is 13.5. The molecule has 0 aromatic heterocycles. The summed E-state index contributed by atoms with van der Waals surface area (Å²) in [5.41, 5.74) is 8.08. The predicted octanol–water partition coefficient (Wildman–Crippen LogP) is 9.61. The third-order valence-corrected chi connectivity index (χ3v) is 10.6. The Kier molecular flexibility index (Phi) is 12.3. The summed E-state index contributed by atoms with van der Waals surface area (Å²) in [4.78, 5) is 13.5. The molecule has 0 unspecified atom stereocenters. The Morgan fingerprint density at radius 2 is 1.73 bits per heavy atom. The third kappa shape index (κ3) is 9.42. The molecular formula is C38H47NO3S2. The van der Waals surface area contributed by atoms with Gasteiger partial charge in [-0.15, -0.1) is 11.8 Å². The Labute approximate surface area is 272 Å². The molecule has 0 bridgehead atoms. The molecule has 44 heavy (non-hydrogen) atoms. The SMILES string of the molecule is CSCC[C@H](NC(=C1CC1)c1ccc(CO[C@H](CSc2ccccc2)CC2CCCCC2)cc1-c1ccccc1C)C(=O)O. The van der Waals surface area contributed by atoms with Crippen LogP contribution >= 0.6 is 23.5 Å². The van der Waals surface area contributed by atoms with Gasteiger partial charge in [0, 0.05) is 21.9 Å². The molecule has 3 aromatic rings. The molecule has 2 atom stereocenters. The van der Waals surface area contributed by atoms with Gasteiger partial charge in [-0.25, -0.2) is 4.79 Å². The minimum Gasteiger partial charge on any atom is -0.480 e. The van der Waals surface area contributed by atoms with Crippen molar-refractivity contribution >= 4 is 35.2 Å². The fraction of sp³-hybridized carbons (Fsp3) is 0.447. The van der Waals surface area contributed by atoms with Crippen molar-refractivity contribution in [2.24, 2.45) is 5.92 Å². The molecule has 0 amide bonds. The molecule has 5 rings (SSSR count). The fourth-order valence-electron chi connectivity index (χ4n) is 6.25. The van der Waals surface area contributed by atoms with Crippen LogP contribution in [0.25, 0.3) is 16.8 Å².